The lowest BCUT2D eigenvalue weighted by Crippen LogP contribution is -1.93. The van der Waals surface area contributed by atoms with Gasteiger partial charge in [-0.1, -0.05) is 164 Å². The van der Waals surface area contributed by atoms with Crippen LogP contribution in [0.4, 0.5) is 0 Å². The van der Waals surface area contributed by atoms with Crippen LogP contribution in [0.15, 0.2) is 229 Å². The first kappa shape index (κ1) is 35.2. The fraction of sp³-hybridized carbons (Fsp3) is 0. The summed E-state index contributed by atoms with van der Waals surface area (Å²) >= 11 is 0. The molecule has 2 nitrogen and oxygen atoms in total. The van der Waals surface area contributed by atoms with Crippen LogP contribution in [0.3, 0.4) is 0 Å². The van der Waals surface area contributed by atoms with Crippen molar-refractivity contribution < 1.29 is 4.42 Å². The molecule has 0 fully saturated rings. The molecule has 12 aromatic carbocycles. The van der Waals surface area contributed by atoms with Crippen LogP contribution < -0.4 is 0 Å². The van der Waals surface area contributed by atoms with Gasteiger partial charge in [0.2, 0.25) is 0 Å². The standard InChI is InChI=1S/C62H37NO/c1-3-15-38(16-4-1)61-47-23-11-13-25-49(47)62(50-26-14-12-24-48(50)61)41-28-31-58-54(35-41)53-33-39(27-30-57(53)63(58)42-17-5-2-6-18-42)40-29-32-59-55(34-40)56-36-51-45-21-9-7-19-43(45)44-20-8-10-22-46(44)52(51)37-60(56)64-59/h1-37H. The molecule has 64 heavy (non-hydrogen) atoms. The number of hydrogen-bond donors (Lipinski definition) is 0. The first-order valence-electron chi connectivity index (χ1n) is 22.1. The number of nitrogens with zero attached hydrogens (tertiary/aromatic N) is 1. The van der Waals surface area contributed by atoms with Gasteiger partial charge >= 0.3 is 0 Å². The quantitative estimate of drug-likeness (QED) is 0.128. The van der Waals surface area contributed by atoms with E-state index in [2.05, 4.69) is 229 Å². The predicted octanol–water partition coefficient (Wildman–Crippen LogP) is 17.5. The van der Waals surface area contributed by atoms with E-state index in [1.165, 1.54) is 103 Å². The van der Waals surface area contributed by atoms with E-state index in [9.17, 15) is 0 Å². The first-order valence-corrected chi connectivity index (χ1v) is 22.1. The molecular formula is C62H37NO. The highest BCUT2D eigenvalue weighted by Gasteiger charge is 2.20. The third-order valence-electron chi connectivity index (χ3n) is 13.7. The minimum atomic E-state index is 0.895. The molecule has 2 heterocycles. The molecule has 0 bridgehead atoms. The highest BCUT2D eigenvalue weighted by molar-refractivity contribution is 6.28. The van der Waals surface area contributed by atoms with Crippen LogP contribution in [0.1, 0.15) is 0 Å². The Bertz CT molecular complexity index is 4170. The van der Waals surface area contributed by atoms with Gasteiger partial charge in [-0.2, -0.15) is 0 Å². The number of rotatable bonds is 4. The average molecular weight is 812 g/mol. The summed E-state index contributed by atoms with van der Waals surface area (Å²) in [6.07, 6.45) is 0. The Balaban J connectivity index is 0.996. The van der Waals surface area contributed by atoms with Crippen molar-refractivity contribution in [1.82, 2.24) is 4.57 Å². The molecule has 14 rings (SSSR count). The van der Waals surface area contributed by atoms with Gasteiger partial charge in [0.25, 0.3) is 0 Å². The van der Waals surface area contributed by atoms with E-state index in [-0.39, 0.29) is 0 Å². The second kappa shape index (κ2) is 13.5. The third-order valence-corrected chi connectivity index (χ3v) is 13.7. The smallest absolute Gasteiger partial charge is 0.136 e. The van der Waals surface area contributed by atoms with Crippen molar-refractivity contribution in [3.05, 3.63) is 224 Å². The van der Waals surface area contributed by atoms with Crippen molar-refractivity contribution in [3.63, 3.8) is 0 Å². The molecule has 0 spiro atoms. The molecule has 0 aliphatic heterocycles. The Morgan fingerprint density at radius 2 is 0.641 bits per heavy atom. The molecule has 2 heteroatoms. The Labute approximate surface area is 368 Å². The zero-order chi connectivity index (χ0) is 41.9. The summed E-state index contributed by atoms with van der Waals surface area (Å²) in [5.41, 5.74) is 12.6. The average Bonchev–Trinajstić information content (AvgIpc) is 3.89. The maximum Gasteiger partial charge on any atom is 0.136 e. The van der Waals surface area contributed by atoms with Gasteiger partial charge in [-0.25, -0.2) is 0 Å². The second-order valence-electron chi connectivity index (χ2n) is 17.1. The summed E-state index contributed by atoms with van der Waals surface area (Å²) in [4.78, 5) is 0. The zero-order valence-corrected chi connectivity index (χ0v) is 34.7. The van der Waals surface area contributed by atoms with Gasteiger partial charge in [0.1, 0.15) is 11.2 Å². The molecular weight excluding hydrogens is 775 g/mol. The van der Waals surface area contributed by atoms with Crippen molar-refractivity contribution in [1.29, 1.82) is 0 Å². The van der Waals surface area contributed by atoms with Crippen molar-refractivity contribution in [2.75, 3.05) is 0 Å². The lowest BCUT2D eigenvalue weighted by atomic mass is 9.86. The van der Waals surface area contributed by atoms with E-state index in [0.29, 0.717) is 0 Å². The largest absolute Gasteiger partial charge is 0.456 e. The van der Waals surface area contributed by atoms with Gasteiger partial charge in [-0.15, -0.1) is 0 Å². The van der Waals surface area contributed by atoms with Gasteiger partial charge in [0.15, 0.2) is 0 Å². The van der Waals surface area contributed by atoms with Gasteiger partial charge in [0, 0.05) is 27.2 Å². The van der Waals surface area contributed by atoms with E-state index >= 15 is 0 Å². The lowest BCUT2D eigenvalue weighted by Gasteiger charge is -2.18. The molecule has 2 aromatic heterocycles. The summed E-state index contributed by atoms with van der Waals surface area (Å²) in [7, 11) is 0. The van der Waals surface area contributed by atoms with E-state index in [4.69, 9.17) is 4.42 Å². The van der Waals surface area contributed by atoms with Crippen LogP contribution in [0.2, 0.25) is 0 Å². The van der Waals surface area contributed by atoms with Crippen LogP contribution >= 0.6 is 0 Å². The number of para-hydroxylation sites is 1. The summed E-state index contributed by atoms with van der Waals surface area (Å²) in [5.74, 6) is 0. The molecule has 0 saturated carbocycles. The normalized spacial score (nSPS) is 12.1. The summed E-state index contributed by atoms with van der Waals surface area (Å²) < 4.78 is 9.05. The van der Waals surface area contributed by atoms with Crippen molar-refractivity contribution >= 4 is 97.6 Å². The Morgan fingerprint density at radius 1 is 0.234 bits per heavy atom. The monoisotopic (exact) mass is 811 g/mol. The molecule has 0 aliphatic rings. The Hall–Kier alpha value is -8.46. The van der Waals surface area contributed by atoms with Crippen molar-refractivity contribution in [3.8, 4) is 39.1 Å². The molecule has 296 valence electrons. The molecule has 0 radical (unpaired) electrons. The number of hydrogen-bond acceptors (Lipinski definition) is 1. The molecule has 0 atom stereocenters. The van der Waals surface area contributed by atoms with Gasteiger partial charge in [-0.05, 0) is 148 Å². The third kappa shape index (κ3) is 5.08. The fourth-order valence-electron chi connectivity index (χ4n) is 10.9. The second-order valence-corrected chi connectivity index (χ2v) is 17.1. The Morgan fingerprint density at radius 3 is 1.22 bits per heavy atom. The number of benzene rings is 12. The molecule has 14 aromatic rings. The maximum atomic E-state index is 6.64. The van der Waals surface area contributed by atoms with E-state index in [1.54, 1.807) is 0 Å². The van der Waals surface area contributed by atoms with Crippen LogP contribution in [0, 0.1) is 0 Å². The van der Waals surface area contributed by atoms with Crippen molar-refractivity contribution in [2.24, 2.45) is 0 Å². The van der Waals surface area contributed by atoms with Gasteiger partial charge in [0.05, 0.1) is 11.0 Å². The van der Waals surface area contributed by atoms with E-state index < -0.39 is 0 Å². The highest BCUT2D eigenvalue weighted by atomic mass is 16.3. The predicted molar refractivity (Wildman–Crippen MR) is 272 cm³/mol. The van der Waals surface area contributed by atoms with Crippen LogP contribution in [-0.2, 0) is 0 Å². The van der Waals surface area contributed by atoms with Crippen molar-refractivity contribution in [2.45, 2.75) is 0 Å². The van der Waals surface area contributed by atoms with Crippen LogP contribution in [0.5, 0.6) is 0 Å². The Kier molecular flexibility index (Phi) is 7.43. The topological polar surface area (TPSA) is 18.1 Å². The first-order chi connectivity index (χ1) is 31.7. The number of furan rings is 1. The number of fused-ring (bicyclic) bond motifs is 14. The fourth-order valence-corrected chi connectivity index (χ4v) is 10.9. The zero-order valence-electron chi connectivity index (χ0n) is 34.7. The minimum absolute atomic E-state index is 0.895. The molecule has 0 unspecified atom stereocenters. The summed E-state index contributed by atoms with van der Waals surface area (Å²) in [6.45, 7) is 0. The molecule has 0 N–H and O–H groups in total. The maximum absolute atomic E-state index is 6.64. The van der Waals surface area contributed by atoms with E-state index in [1.807, 2.05) is 0 Å². The van der Waals surface area contributed by atoms with Crippen LogP contribution in [0.25, 0.3) is 137 Å². The summed E-state index contributed by atoms with van der Waals surface area (Å²) in [5, 5.41) is 17.2. The molecule has 0 amide bonds. The molecule has 0 aliphatic carbocycles. The highest BCUT2D eigenvalue weighted by Crippen LogP contribution is 2.46. The minimum Gasteiger partial charge on any atom is -0.456 e. The van der Waals surface area contributed by atoms with Crippen LogP contribution in [-0.4, -0.2) is 4.57 Å². The number of aromatic nitrogens is 1. The van der Waals surface area contributed by atoms with Gasteiger partial charge in [-0.3, -0.25) is 0 Å². The lowest BCUT2D eigenvalue weighted by molar-refractivity contribution is 0.669. The SMILES string of the molecule is c1ccc(-c2c3ccccc3c(-c3ccc4c(c3)c3cc(-c5ccc6oc7cc8c9ccccc9c9ccccc9c8cc7c6c5)ccc3n4-c3ccccc3)c3ccccc23)cc1. The molecule has 0 saturated heterocycles. The van der Waals surface area contributed by atoms with E-state index in [0.717, 1.165) is 33.2 Å². The van der Waals surface area contributed by atoms with Gasteiger partial charge < -0.3 is 8.98 Å². The summed E-state index contributed by atoms with van der Waals surface area (Å²) in [6, 6.07) is 82.3.